The van der Waals surface area contributed by atoms with E-state index < -0.39 is 0 Å². The van der Waals surface area contributed by atoms with E-state index in [1.54, 1.807) is 31.4 Å². The van der Waals surface area contributed by atoms with Gasteiger partial charge in [-0.05, 0) is 55.5 Å². The van der Waals surface area contributed by atoms with Crippen molar-refractivity contribution in [2.75, 3.05) is 43.7 Å². The van der Waals surface area contributed by atoms with E-state index in [1.165, 1.54) is 24.9 Å². The highest BCUT2D eigenvalue weighted by Gasteiger charge is 2.28. The molecule has 0 radical (unpaired) electrons. The molecule has 160 valence electrons. The molecule has 0 N–H and O–H groups in total. The highest BCUT2D eigenvalue weighted by molar-refractivity contribution is 6.12. The lowest BCUT2D eigenvalue weighted by molar-refractivity contribution is 0.0981. The van der Waals surface area contributed by atoms with E-state index in [0.29, 0.717) is 23.6 Å². The highest BCUT2D eigenvalue weighted by atomic mass is 16.5. The lowest BCUT2D eigenvalue weighted by atomic mass is 9.96. The van der Waals surface area contributed by atoms with E-state index in [4.69, 9.17) is 9.47 Å². The summed E-state index contributed by atoms with van der Waals surface area (Å²) in [5.74, 6) is 1.18. The topological polar surface area (TPSA) is 67.8 Å². The number of benzene rings is 2. The Morgan fingerprint density at radius 3 is 2.48 bits per heavy atom. The molecule has 2 aliphatic heterocycles. The largest absolute Gasteiger partial charge is 0.493 e. The van der Waals surface area contributed by atoms with Gasteiger partial charge < -0.3 is 19.3 Å². The fraction of sp³-hybridized carbons (Fsp3) is 0.375. The number of fused-ring (bicyclic) bond motifs is 2. The van der Waals surface area contributed by atoms with E-state index in [1.807, 2.05) is 12.1 Å². The van der Waals surface area contributed by atoms with Gasteiger partial charge in [0.25, 0.3) is 5.91 Å². The van der Waals surface area contributed by atoms with Crippen LogP contribution in [-0.4, -0.2) is 50.0 Å². The quantitative estimate of drug-likeness (QED) is 0.641. The van der Waals surface area contributed by atoms with Crippen LogP contribution in [0.15, 0.2) is 36.5 Å². The second-order valence-corrected chi connectivity index (χ2v) is 8.05. The van der Waals surface area contributed by atoms with Crippen LogP contribution in [0.5, 0.6) is 11.5 Å². The van der Waals surface area contributed by atoms with Gasteiger partial charge in [-0.15, -0.1) is 0 Å². The van der Waals surface area contributed by atoms with Gasteiger partial charge in [-0.3, -0.25) is 4.79 Å². The van der Waals surface area contributed by atoms with Crippen LogP contribution >= 0.6 is 0 Å². The molecule has 1 aromatic heterocycles. The van der Waals surface area contributed by atoms with Gasteiger partial charge in [0.15, 0.2) is 11.5 Å². The molecule has 7 nitrogen and oxygen atoms in total. The van der Waals surface area contributed by atoms with Gasteiger partial charge in [0.2, 0.25) is 0 Å². The third-order valence-corrected chi connectivity index (χ3v) is 6.30. The summed E-state index contributed by atoms with van der Waals surface area (Å²) in [6, 6.07) is 9.92. The minimum absolute atomic E-state index is 0.00414. The van der Waals surface area contributed by atoms with Crippen molar-refractivity contribution in [3.63, 3.8) is 0 Å². The van der Waals surface area contributed by atoms with Crippen molar-refractivity contribution in [2.45, 2.75) is 25.7 Å². The van der Waals surface area contributed by atoms with Crippen molar-refractivity contribution in [2.24, 2.45) is 0 Å². The number of nitrogens with zero attached hydrogens (tertiary/aromatic N) is 4. The lowest BCUT2D eigenvalue weighted by Crippen LogP contribution is -2.38. The highest BCUT2D eigenvalue weighted by Crippen LogP contribution is 2.37. The molecule has 2 aromatic carbocycles. The summed E-state index contributed by atoms with van der Waals surface area (Å²) in [5.41, 5.74) is 4.51. The molecule has 1 fully saturated rings. The first-order valence-corrected chi connectivity index (χ1v) is 10.8. The Morgan fingerprint density at radius 2 is 1.71 bits per heavy atom. The number of methoxy groups -OCH3 is 2. The molecule has 1 saturated heterocycles. The number of piperidine rings is 1. The zero-order valence-electron chi connectivity index (χ0n) is 17.9. The normalized spacial score (nSPS) is 16.4. The van der Waals surface area contributed by atoms with Crippen molar-refractivity contribution in [1.29, 1.82) is 0 Å². The molecule has 2 aliphatic rings. The number of ether oxygens (including phenoxy) is 2. The van der Waals surface area contributed by atoms with Crippen LogP contribution in [0.1, 0.15) is 35.2 Å². The molecule has 0 saturated carbocycles. The van der Waals surface area contributed by atoms with Gasteiger partial charge >= 0.3 is 0 Å². The Kier molecular flexibility index (Phi) is 5.10. The van der Waals surface area contributed by atoms with Crippen LogP contribution in [0.2, 0.25) is 0 Å². The average Bonchev–Trinajstić information content (AvgIpc) is 2.83. The fourth-order valence-electron chi connectivity index (χ4n) is 4.64. The van der Waals surface area contributed by atoms with Crippen molar-refractivity contribution in [3.05, 3.63) is 47.7 Å². The molecular weight excluding hydrogens is 392 g/mol. The maximum atomic E-state index is 13.4. The number of carbonyl (C=O) groups is 1. The first-order chi connectivity index (χ1) is 15.2. The smallest absolute Gasteiger partial charge is 0.258 e. The third-order valence-electron chi connectivity index (χ3n) is 6.30. The molecule has 0 aliphatic carbocycles. The summed E-state index contributed by atoms with van der Waals surface area (Å²) in [6.45, 7) is 2.79. The predicted molar refractivity (Wildman–Crippen MR) is 121 cm³/mol. The van der Waals surface area contributed by atoms with Crippen LogP contribution in [-0.2, 0) is 6.42 Å². The van der Waals surface area contributed by atoms with Gasteiger partial charge in [0.05, 0.1) is 31.6 Å². The third kappa shape index (κ3) is 3.44. The molecule has 0 atom stereocenters. The van der Waals surface area contributed by atoms with Crippen LogP contribution in [0.25, 0.3) is 10.9 Å². The zero-order chi connectivity index (χ0) is 21.4. The van der Waals surface area contributed by atoms with Crippen LogP contribution in [0.3, 0.4) is 0 Å². The van der Waals surface area contributed by atoms with Gasteiger partial charge in [-0.1, -0.05) is 0 Å². The summed E-state index contributed by atoms with van der Waals surface area (Å²) < 4.78 is 10.8. The second-order valence-electron chi connectivity index (χ2n) is 8.05. The van der Waals surface area contributed by atoms with Gasteiger partial charge in [-0.25, -0.2) is 0 Å². The Hall–Kier alpha value is -3.35. The number of hydrogen-bond acceptors (Lipinski definition) is 6. The number of rotatable bonds is 4. The van der Waals surface area contributed by atoms with Crippen molar-refractivity contribution in [3.8, 4) is 11.5 Å². The van der Waals surface area contributed by atoms with E-state index in [-0.39, 0.29) is 5.91 Å². The Bertz CT molecular complexity index is 1140. The minimum atomic E-state index is -0.00414. The summed E-state index contributed by atoms with van der Waals surface area (Å²) >= 11 is 0. The number of aromatic nitrogens is 2. The predicted octanol–water partition coefficient (Wildman–Crippen LogP) is 3.84. The van der Waals surface area contributed by atoms with Gasteiger partial charge in [0, 0.05) is 42.3 Å². The number of carbonyl (C=O) groups excluding carboxylic acids is 1. The molecular formula is C24H26N4O3. The molecule has 5 rings (SSSR count). The number of amides is 1. The SMILES string of the molecule is COc1cc2nncc(N3CCc4cc(N5CCCCC5)ccc4C3=O)c2cc1OC. The first kappa shape index (κ1) is 19.6. The standard InChI is InChI=1S/C24H26N4O3/c1-30-22-13-19-20(14-23(22)31-2)26-25-15-21(19)28-11-8-16-12-17(6-7-18(16)24(28)29)27-9-4-3-5-10-27/h6-7,12-15H,3-5,8-11H2,1-2H3. The van der Waals surface area contributed by atoms with Crippen molar-refractivity contribution < 1.29 is 14.3 Å². The van der Waals surface area contributed by atoms with Crippen molar-refractivity contribution >= 4 is 28.2 Å². The molecule has 31 heavy (non-hydrogen) atoms. The fourth-order valence-corrected chi connectivity index (χ4v) is 4.64. The van der Waals surface area contributed by atoms with Gasteiger partial charge in [-0.2, -0.15) is 10.2 Å². The molecule has 3 heterocycles. The number of anilines is 2. The zero-order valence-corrected chi connectivity index (χ0v) is 17.9. The molecule has 0 unspecified atom stereocenters. The molecule has 1 amide bonds. The molecule has 7 heteroatoms. The maximum absolute atomic E-state index is 13.4. The minimum Gasteiger partial charge on any atom is -0.493 e. The van der Waals surface area contributed by atoms with Crippen molar-refractivity contribution in [1.82, 2.24) is 10.2 Å². The summed E-state index contributed by atoms with van der Waals surface area (Å²) in [6.07, 6.45) is 6.24. The molecule has 3 aromatic rings. The summed E-state index contributed by atoms with van der Waals surface area (Å²) in [4.78, 5) is 17.7. The van der Waals surface area contributed by atoms with Crippen LogP contribution in [0.4, 0.5) is 11.4 Å². The lowest BCUT2D eigenvalue weighted by Gasteiger charge is -2.32. The number of hydrogen-bond donors (Lipinski definition) is 0. The Labute approximate surface area is 181 Å². The van der Waals surface area contributed by atoms with Gasteiger partial charge in [0.1, 0.15) is 0 Å². The molecule has 0 bridgehead atoms. The van der Waals surface area contributed by atoms with Crippen LogP contribution < -0.4 is 19.3 Å². The van der Waals surface area contributed by atoms with E-state index in [0.717, 1.165) is 41.7 Å². The van der Waals surface area contributed by atoms with E-state index in [2.05, 4.69) is 27.2 Å². The van der Waals surface area contributed by atoms with E-state index in [9.17, 15) is 4.79 Å². The Morgan fingerprint density at radius 1 is 0.935 bits per heavy atom. The summed E-state index contributed by atoms with van der Waals surface area (Å²) in [5, 5.41) is 9.18. The molecule has 0 spiro atoms. The second kappa shape index (κ2) is 8.06. The van der Waals surface area contributed by atoms with E-state index >= 15 is 0 Å². The maximum Gasteiger partial charge on any atom is 0.258 e. The first-order valence-electron chi connectivity index (χ1n) is 10.8. The Balaban J connectivity index is 1.50. The summed E-state index contributed by atoms with van der Waals surface area (Å²) in [7, 11) is 3.18. The van der Waals surface area contributed by atoms with Crippen LogP contribution in [0, 0.1) is 0 Å². The monoisotopic (exact) mass is 418 g/mol. The average molecular weight is 418 g/mol.